The van der Waals surface area contributed by atoms with Crippen LogP contribution in [-0.2, 0) is 27.4 Å². The first-order valence-corrected chi connectivity index (χ1v) is 9.48. The first-order valence-electron chi connectivity index (χ1n) is 9.48. The lowest BCUT2D eigenvalue weighted by Gasteiger charge is -2.47. The van der Waals surface area contributed by atoms with Crippen LogP contribution in [0, 0.1) is 0 Å². The average molecular weight is 371 g/mol. The van der Waals surface area contributed by atoms with Crippen molar-refractivity contribution in [3.8, 4) is 0 Å². The van der Waals surface area contributed by atoms with Crippen LogP contribution in [0.2, 0.25) is 0 Å². The molecule has 1 heterocycles. The fourth-order valence-electron chi connectivity index (χ4n) is 3.53. The molecule has 27 heavy (non-hydrogen) atoms. The molecule has 4 atom stereocenters. The second kappa shape index (κ2) is 9.44. The van der Waals surface area contributed by atoms with E-state index >= 15 is 0 Å². The maximum atomic E-state index is 11.3. The van der Waals surface area contributed by atoms with Crippen molar-refractivity contribution in [2.45, 2.75) is 50.5 Å². The van der Waals surface area contributed by atoms with Gasteiger partial charge < -0.3 is 25.1 Å². The summed E-state index contributed by atoms with van der Waals surface area (Å²) in [5, 5.41) is 11.3. The van der Waals surface area contributed by atoms with Crippen molar-refractivity contribution in [3.63, 3.8) is 0 Å². The molecule has 0 bridgehead atoms. The van der Waals surface area contributed by atoms with Gasteiger partial charge in [-0.1, -0.05) is 60.7 Å². The largest absolute Gasteiger partial charge is 0.384 e. The smallest absolute Gasteiger partial charge is 0.120 e. The molecule has 1 saturated heterocycles. The van der Waals surface area contributed by atoms with Crippen LogP contribution in [0.5, 0.6) is 0 Å². The number of nitrogens with two attached hydrogens (primary N) is 1. The van der Waals surface area contributed by atoms with Crippen LogP contribution in [0.3, 0.4) is 0 Å². The number of rotatable bonds is 8. The van der Waals surface area contributed by atoms with E-state index in [9.17, 15) is 5.11 Å². The summed E-state index contributed by atoms with van der Waals surface area (Å²) in [5.74, 6) is 0. The molecule has 0 spiro atoms. The van der Waals surface area contributed by atoms with E-state index in [1.165, 1.54) is 0 Å². The zero-order valence-corrected chi connectivity index (χ0v) is 15.8. The van der Waals surface area contributed by atoms with Gasteiger partial charge in [-0.2, -0.15) is 0 Å². The van der Waals surface area contributed by atoms with Crippen LogP contribution >= 0.6 is 0 Å². The molecule has 5 nitrogen and oxygen atoms in total. The number of hydrogen-bond donors (Lipinski definition) is 2. The summed E-state index contributed by atoms with van der Waals surface area (Å²) in [6, 6.07) is 19.9. The van der Waals surface area contributed by atoms with E-state index in [0.717, 1.165) is 11.1 Å². The van der Waals surface area contributed by atoms with Gasteiger partial charge in [0.1, 0.15) is 17.8 Å². The Kier molecular flexibility index (Phi) is 6.99. The SMILES string of the molecule is CC1OC[C@H](OCc2ccccc2)C(OCc2ccccc2)[C@@]1(O)CCN. The highest BCUT2D eigenvalue weighted by Crippen LogP contribution is 2.33. The third-order valence-corrected chi connectivity index (χ3v) is 5.17. The summed E-state index contributed by atoms with van der Waals surface area (Å²) in [6.45, 7) is 3.42. The molecule has 3 N–H and O–H groups in total. The summed E-state index contributed by atoms with van der Waals surface area (Å²) >= 11 is 0. The van der Waals surface area contributed by atoms with Gasteiger partial charge in [0.15, 0.2) is 0 Å². The standard InChI is InChI=1S/C22H29NO4/c1-17-22(24,12-13-23)21(27-15-19-10-6-3-7-11-19)20(16-25-17)26-14-18-8-4-2-5-9-18/h2-11,17,20-21,24H,12-16,23H2,1H3/t17?,20-,21?,22+/m0/s1. The van der Waals surface area contributed by atoms with Gasteiger partial charge in [-0.15, -0.1) is 0 Å². The molecule has 0 amide bonds. The summed E-state index contributed by atoms with van der Waals surface area (Å²) in [4.78, 5) is 0. The Bertz CT molecular complexity index is 681. The third kappa shape index (κ3) is 4.94. The molecule has 2 unspecified atom stereocenters. The molecule has 3 rings (SSSR count). The van der Waals surface area contributed by atoms with E-state index in [4.69, 9.17) is 19.9 Å². The number of hydrogen-bond acceptors (Lipinski definition) is 5. The van der Waals surface area contributed by atoms with E-state index < -0.39 is 11.7 Å². The maximum absolute atomic E-state index is 11.3. The van der Waals surface area contributed by atoms with Crippen LogP contribution in [0.1, 0.15) is 24.5 Å². The highest BCUT2D eigenvalue weighted by atomic mass is 16.6. The minimum absolute atomic E-state index is 0.348. The third-order valence-electron chi connectivity index (χ3n) is 5.17. The number of aliphatic hydroxyl groups is 1. The van der Waals surface area contributed by atoms with E-state index in [-0.39, 0.29) is 12.2 Å². The Morgan fingerprint density at radius 2 is 1.56 bits per heavy atom. The maximum Gasteiger partial charge on any atom is 0.120 e. The van der Waals surface area contributed by atoms with Gasteiger partial charge in [0.2, 0.25) is 0 Å². The van der Waals surface area contributed by atoms with Crippen molar-refractivity contribution in [2.24, 2.45) is 5.73 Å². The first-order chi connectivity index (χ1) is 13.1. The van der Waals surface area contributed by atoms with E-state index in [2.05, 4.69) is 0 Å². The predicted molar refractivity (Wildman–Crippen MR) is 104 cm³/mol. The van der Waals surface area contributed by atoms with Crippen molar-refractivity contribution in [2.75, 3.05) is 13.2 Å². The molecule has 1 aliphatic rings. The summed E-state index contributed by atoms with van der Waals surface area (Å²) < 4.78 is 18.1. The van der Waals surface area contributed by atoms with E-state index in [0.29, 0.717) is 32.8 Å². The molecule has 2 aromatic carbocycles. The lowest BCUT2D eigenvalue weighted by molar-refractivity contribution is -0.266. The Labute approximate surface area is 161 Å². The summed E-state index contributed by atoms with van der Waals surface area (Å²) in [7, 11) is 0. The summed E-state index contributed by atoms with van der Waals surface area (Å²) in [6.07, 6.45) is -0.882. The summed E-state index contributed by atoms with van der Waals surface area (Å²) in [5.41, 5.74) is 6.70. The van der Waals surface area contributed by atoms with Gasteiger partial charge in [-0.25, -0.2) is 0 Å². The molecule has 0 aromatic heterocycles. The van der Waals surface area contributed by atoms with Gasteiger partial charge in [0, 0.05) is 0 Å². The molecule has 0 radical (unpaired) electrons. The number of benzene rings is 2. The fourth-order valence-corrected chi connectivity index (χ4v) is 3.53. The van der Waals surface area contributed by atoms with Crippen LogP contribution < -0.4 is 5.73 Å². The van der Waals surface area contributed by atoms with Crippen molar-refractivity contribution in [3.05, 3.63) is 71.8 Å². The topological polar surface area (TPSA) is 73.9 Å². The van der Waals surface area contributed by atoms with E-state index in [1.54, 1.807) is 0 Å². The van der Waals surface area contributed by atoms with E-state index in [1.807, 2.05) is 67.6 Å². The molecule has 1 aliphatic heterocycles. The van der Waals surface area contributed by atoms with Crippen molar-refractivity contribution in [1.82, 2.24) is 0 Å². The zero-order chi connectivity index (χ0) is 19.1. The lowest BCUT2D eigenvalue weighted by atomic mass is 9.82. The fraction of sp³-hybridized carbons (Fsp3) is 0.455. The molecule has 0 saturated carbocycles. The van der Waals surface area contributed by atoms with Gasteiger partial charge in [0.25, 0.3) is 0 Å². The highest BCUT2D eigenvalue weighted by Gasteiger charge is 2.51. The second-order valence-electron chi connectivity index (χ2n) is 7.06. The minimum atomic E-state index is -1.19. The van der Waals surface area contributed by atoms with Gasteiger partial charge in [0.05, 0.1) is 25.9 Å². The molecule has 5 heteroatoms. The lowest BCUT2D eigenvalue weighted by Crippen LogP contribution is -2.64. The molecule has 146 valence electrons. The normalized spacial score (nSPS) is 28.2. The highest BCUT2D eigenvalue weighted by molar-refractivity contribution is 5.15. The Morgan fingerprint density at radius 1 is 1.00 bits per heavy atom. The molecule has 0 aliphatic carbocycles. The van der Waals surface area contributed by atoms with Gasteiger partial charge >= 0.3 is 0 Å². The second-order valence-corrected chi connectivity index (χ2v) is 7.06. The molecule has 2 aromatic rings. The first kappa shape index (κ1) is 20.0. The van der Waals surface area contributed by atoms with Crippen LogP contribution in [0.25, 0.3) is 0 Å². The van der Waals surface area contributed by atoms with Crippen molar-refractivity contribution in [1.29, 1.82) is 0 Å². The van der Waals surface area contributed by atoms with Crippen LogP contribution in [-0.4, -0.2) is 42.2 Å². The molecular formula is C22H29NO4. The average Bonchev–Trinajstić information content (AvgIpc) is 2.70. The predicted octanol–water partition coefficient (Wildman–Crippen LogP) is 2.66. The van der Waals surface area contributed by atoms with Crippen LogP contribution in [0.15, 0.2) is 60.7 Å². The quantitative estimate of drug-likeness (QED) is 0.746. The molecule has 1 fully saturated rings. The number of ether oxygens (including phenoxy) is 3. The van der Waals surface area contributed by atoms with Crippen LogP contribution in [0.4, 0.5) is 0 Å². The molecular weight excluding hydrogens is 342 g/mol. The minimum Gasteiger partial charge on any atom is -0.384 e. The van der Waals surface area contributed by atoms with Gasteiger partial charge in [-0.05, 0) is 31.0 Å². The Balaban J connectivity index is 1.74. The Hall–Kier alpha value is -1.76. The van der Waals surface area contributed by atoms with Crippen molar-refractivity contribution >= 4 is 0 Å². The van der Waals surface area contributed by atoms with Gasteiger partial charge in [-0.3, -0.25) is 0 Å². The monoisotopic (exact) mass is 371 g/mol. The van der Waals surface area contributed by atoms with Crippen molar-refractivity contribution < 1.29 is 19.3 Å². The zero-order valence-electron chi connectivity index (χ0n) is 15.8. The Morgan fingerprint density at radius 3 is 2.11 bits per heavy atom.